The first kappa shape index (κ1) is 18.2. The lowest BCUT2D eigenvalue weighted by molar-refractivity contribution is 0.535. The van der Waals surface area contributed by atoms with E-state index in [1.165, 1.54) is 6.42 Å². The lowest BCUT2D eigenvalue weighted by Crippen LogP contribution is -2.35. The highest BCUT2D eigenvalue weighted by Crippen LogP contribution is 2.29. The first-order valence-electron chi connectivity index (χ1n) is 8.03. The van der Waals surface area contributed by atoms with Gasteiger partial charge in [0.1, 0.15) is 16.8 Å². The van der Waals surface area contributed by atoms with Gasteiger partial charge in [0.25, 0.3) is 0 Å². The van der Waals surface area contributed by atoms with Crippen molar-refractivity contribution in [2.45, 2.75) is 79.2 Å². The molecule has 1 aromatic heterocycles. The maximum Gasteiger partial charge on any atom is 0.137 e. The fourth-order valence-electron chi connectivity index (χ4n) is 2.18. The molecular weight excluding hydrogens is 282 g/mol. The number of nitrogens with zero attached hydrogens (tertiary/aromatic N) is 3. The molecule has 0 radical (unpaired) electrons. The van der Waals surface area contributed by atoms with Crippen LogP contribution >= 0.6 is 11.6 Å². The van der Waals surface area contributed by atoms with Crippen molar-refractivity contribution in [2.24, 2.45) is 0 Å². The summed E-state index contributed by atoms with van der Waals surface area (Å²) < 4.78 is 0. The zero-order chi connectivity index (χ0) is 16.2. The highest BCUT2D eigenvalue weighted by atomic mass is 35.5. The number of unbranched alkanes of at least 4 members (excludes halogenated alkanes) is 1. The van der Waals surface area contributed by atoms with Gasteiger partial charge < -0.3 is 4.90 Å². The zero-order valence-electron chi connectivity index (χ0n) is 14.6. The van der Waals surface area contributed by atoms with Crippen LogP contribution in [0.1, 0.15) is 72.2 Å². The molecule has 0 fully saturated rings. The molecular formula is C17H30ClN3. The second kappa shape index (κ2) is 7.44. The standard InChI is InChI=1S/C17H30ClN3/c1-8-10-11-21(12(3)9-2)15-13(4)14(18)19-16(20-15)17(5,6)7/h12H,8-11H2,1-7H3. The molecule has 120 valence electrons. The monoisotopic (exact) mass is 311 g/mol. The van der Waals surface area contributed by atoms with Crippen LogP contribution in [0, 0.1) is 6.92 Å². The lowest BCUT2D eigenvalue weighted by Gasteiger charge is -2.32. The van der Waals surface area contributed by atoms with Crippen LogP contribution in [0.4, 0.5) is 5.82 Å². The van der Waals surface area contributed by atoms with Crippen molar-refractivity contribution in [2.75, 3.05) is 11.4 Å². The zero-order valence-corrected chi connectivity index (χ0v) is 15.4. The minimum atomic E-state index is -0.0992. The predicted octanol–water partition coefficient (Wildman–Crippen LogP) is 5.14. The van der Waals surface area contributed by atoms with Gasteiger partial charge in [-0.3, -0.25) is 0 Å². The fourth-order valence-corrected chi connectivity index (χ4v) is 2.34. The minimum Gasteiger partial charge on any atom is -0.354 e. The van der Waals surface area contributed by atoms with Gasteiger partial charge in [-0.05, 0) is 26.7 Å². The second-order valence-electron chi connectivity index (χ2n) is 6.84. The number of anilines is 1. The van der Waals surface area contributed by atoms with E-state index in [4.69, 9.17) is 16.6 Å². The Kier molecular flexibility index (Phi) is 6.45. The van der Waals surface area contributed by atoms with E-state index in [1.807, 2.05) is 6.92 Å². The molecule has 0 bridgehead atoms. The summed E-state index contributed by atoms with van der Waals surface area (Å²) in [5.41, 5.74) is 0.888. The van der Waals surface area contributed by atoms with E-state index in [0.29, 0.717) is 11.2 Å². The van der Waals surface area contributed by atoms with Crippen molar-refractivity contribution in [1.82, 2.24) is 9.97 Å². The van der Waals surface area contributed by atoms with Crippen LogP contribution in [0.3, 0.4) is 0 Å². The average molecular weight is 312 g/mol. The van der Waals surface area contributed by atoms with Crippen molar-refractivity contribution < 1.29 is 0 Å². The SMILES string of the molecule is CCCCN(c1nc(C(C)(C)C)nc(Cl)c1C)C(C)CC. The number of rotatable bonds is 6. The summed E-state index contributed by atoms with van der Waals surface area (Å²) in [6, 6.07) is 0.453. The fraction of sp³-hybridized carbons (Fsp3) is 0.765. The van der Waals surface area contributed by atoms with Gasteiger partial charge in [0.05, 0.1) is 0 Å². The Morgan fingerprint density at radius 1 is 1.19 bits per heavy atom. The van der Waals surface area contributed by atoms with E-state index in [1.54, 1.807) is 0 Å². The molecule has 1 rings (SSSR count). The predicted molar refractivity (Wildman–Crippen MR) is 92.5 cm³/mol. The summed E-state index contributed by atoms with van der Waals surface area (Å²) in [7, 11) is 0. The molecule has 1 atom stereocenters. The molecule has 1 heterocycles. The summed E-state index contributed by atoms with van der Waals surface area (Å²) in [6.45, 7) is 16.1. The van der Waals surface area contributed by atoms with Gasteiger partial charge in [0.2, 0.25) is 0 Å². The summed E-state index contributed by atoms with van der Waals surface area (Å²) in [5, 5.41) is 0.578. The van der Waals surface area contributed by atoms with E-state index in [0.717, 1.165) is 36.6 Å². The van der Waals surface area contributed by atoms with E-state index in [2.05, 4.69) is 51.4 Å². The molecule has 0 N–H and O–H groups in total. The van der Waals surface area contributed by atoms with Crippen LogP contribution in [-0.2, 0) is 5.41 Å². The molecule has 1 aromatic rings. The maximum atomic E-state index is 6.37. The molecule has 3 nitrogen and oxygen atoms in total. The highest BCUT2D eigenvalue weighted by Gasteiger charge is 2.24. The Bertz CT molecular complexity index is 466. The summed E-state index contributed by atoms with van der Waals surface area (Å²) in [4.78, 5) is 11.7. The average Bonchev–Trinajstić information content (AvgIpc) is 2.41. The van der Waals surface area contributed by atoms with Gasteiger partial charge in [-0.2, -0.15) is 0 Å². The highest BCUT2D eigenvalue weighted by molar-refractivity contribution is 6.30. The Morgan fingerprint density at radius 3 is 2.29 bits per heavy atom. The Hall–Kier alpha value is -0.830. The van der Waals surface area contributed by atoms with Gasteiger partial charge >= 0.3 is 0 Å². The van der Waals surface area contributed by atoms with Crippen LogP contribution in [0.25, 0.3) is 0 Å². The number of hydrogen-bond acceptors (Lipinski definition) is 3. The Balaban J connectivity index is 3.32. The first-order valence-corrected chi connectivity index (χ1v) is 8.41. The van der Waals surface area contributed by atoms with E-state index in [9.17, 15) is 0 Å². The van der Waals surface area contributed by atoms with Crippen molar-refractivity contribution in [3.05, 3.63) is 16.5 Å². The first-order chi connectivity index (χ1) is 9.72. The largest absolute Gasteiger partial charge is 0.354 e. The van der Waals surface area contributed by atoms with E-state index >= 15 is 0 Å². The lowest BCUT2D eigenvalue weighted by atomic mass is 9.95. The van der Waals surface area contributed by atoms with E-state index in [-0.39, 0.29) is 5.41 Å². The molecule has 0 saturated heterocycles. The number of hydrogen-bond donors (Lipinski definition) is 0. The third-order valence-corrected chi connectivity index (χ3v) is 4.25. The van der Waals surface area contributed by atoms with Crippen molar-refractivity contribution in [3.8, 4) is 0 Å². The van der Waals surface area contributed by atoms with Gasteiger partial charge in [0, 0.05) is 23.6 Å². The minimum absolute atomic E-state index is 0.0992. The van der Waals surface area contributed by atoms with Crippen LogP contribution in [0.15, 0.2) is 0 Å². The molecule has 0 aliphatic heterocycles. The molecule has 21 heavy (non-hydrogen) atoms. The van der Waals surface area contributed by atoms with Crippen LogP contribution in [0.2, 0.25) is 5.15 Å². The smallest absolute Gasteiger partial charge is 0.137 e. The molecule has 0 spiro atoms. The Labute approximate surface area is 135 Å². The third-order valence-electron chi connectivity index (χ3n) is 3.88. The normalized spacial score (nSPS) is 13.3. The van der Waals surface area contributed by atoms with Crippen LogP contribution in [-0.4, -0.2) is 22.6 Å². The molecule has 0 aromatic carbocycles. The van der Waals surface area contributed by atoms with Crippen molar-refractivity contribution in [3.63, 3.8) is 0 Å². The van der Waals surface area contributed by atoms with Gasteiger partial charge in [-0.25, -0.2) is 9.97 Å². The van der Waals surface area contributed by atoms with Crippen molar-refractivity contribution >= 4 is 17.4 Å². The van der Waals surface area contributed by atoms with E-state index < -0.39 is 0 Å². The molecule has 0 saturated carbocycles. The Morgan fingerprint density at radius 2 is 1.81 bits per heavy atom. The van der Waals surface area contributed by atoms with Gasteiger partial charge in [-0.15, -0.1) is 0 Å². The maximum absolute atomic E-state index is 6.37. The topological polar surface area (TPSA) is 29.0 Å². The molecule has 0 amide bonds. The number of aromatic nitrogens is 2. The van der Waals surface area contributed by atoms with Gasteiger partial charge in [-0.1, -0.05) is 52.6 Å². The summed E-state index contributed by atoms with van der Waals surface area (Å²) in [5.74, 6) is 1.82. The molecule has 0 aliphatic carbocycles. The van der Waals surface area contributed by atoms with Crippen LogP contribution in [0.5, 0.6) is 0 Å². The molecule has 1 unspecified atom stereocenters. The number of halogens is 1. The molecule has 0 aliphatic rings. The summed E-state index contributed by atoms with van der Waals surface area (Å²) >= 11 is 6.37. The summed E-state index contributed by atoms with van der Waals surface area (Å²) in [6.07, 6.45) is 3.43. The quantitative estimate of drug-likeness (QED) is 0.681. The molecule has 4 heteroatoms. The van der Waals surface area contributed by atoms with Crippen LogP contribution < -0.4 is 4.90 Å². The second-order valence-corrected chi connectivity index (χ2v) is 7.20. The van der Waals surface area contributed by atoms with Crippen molar-refractivity contribution in [1.29, 1.82) is 0 Å². The van der Waals surface area contributed by atoms with Gasteiger partial charge in [0.15, 0.2) is 0 Å². The third kappa shape index (κ3) is 4.57.